The summed E-state index contributed by atoms with van der Waals surface area (Å²) in [5, 5.41) is 6.18. The summed E-state index contributed by atoms with van der Waals surface area (Å²) in [4.78, 5) is 21.7. The Balaban J connectivity index is 1.73. The Morgan fingerprint density at radius 1 is 1.14 bits per heavy atom. The van der Waals surface area contributed by atoms with Crippen molar-refractivity contribution >= 4 is 17.2 Å². The highest BCUT2D eigenvalue weighted by atomic mass is 32.1. The average Bonchev–Trinajstić information content (AvgIpc) is 3.03. The van der Waals surface area contributed by atoms with Gasteiger partial charge in [0.25, 0.3) is 0 Å². The number of anilines is 1. The SMILES string of the molecule is CCc1cnc(C)nc1NCc1csc(-c2ncccn2)n1. The van der Waals surface area contributed by atoms with Crippen molar-refractivity contribution in [2.45, 2.75) is 26.8 Å². The van der Waals surface area contributed by atoms with Gasteiger partial charge in [0, 0.05) is 29.5 Å². The van der Waals surface area contributed by atoms with Crippen LogP contribution in [0.25, 0.3) is 10.8 Å². The van der Waals surface area contributed by atoms with E-state index >= 15 is 0 Å². The van der Waals surface area contributed by atoms with Crippen LogP contribution in [0.15, 0.2) is 30.0 Å². The van der Waals surface area contributed by atoms with E-state index in [9.17, 15) is 0 Å². The minimum atomic E-state index is 0.618. The number of nitrogens with zero attached hydrogens (tertiary/aromatic N) is 5. The molecule has 1 N–H and O–H groups in total. The van der Waals surface area contributed by atoms with Gasteiger partial charge in [0.2, 0.25) is 0 Å². The van der Waals surface area contributed by atoms with Gasteiger partial charge in [0.1, 0.15) is 11.6 Å². The molecule has 0 amide bonds. The van der Waals surface area contributed by atoms with Gasteiger partial charge in [-0.25, -0.2) is 24.9 Å². The molecular formula is C15H16N6S. The van der Waals surface area contributed by atoms with Crippen LogP contribution < -0.4 is 5.32 Å². The second-order valence-electron chi connectivity index (χ2n) is 4.71. The minimum absolute atomic E-state index is 0.618. The third-order valence-corrected chi connectivity index (χ3v) is 4.00. The fraction of sp³-hybridized carbons (Fsp3) is 0.267. The molecule has 6 nitrogen and oxygen atoms in total. The maximum Gasteiger partial charge on any atom is 0.188 e. The molecule has 3 rings (SSSR count). The zero-order valence-electron chi connectivity index (χ0n) is 12.4. The fourth-order valence-corrected chi connectivity index (χ4v) is 2.75. The summed E-state index contributed by atoms with van der Waals surface area (Å²) in [5.41, 5.74) is 2.05. The Hall–Kier alpha value is -2.41. The number of nitrogens with one attached hydrogen (secondary N) is 1. The van der Waals surface area contributed by atoms with Crippen molar-refractivity contribution in [2.24, 2.45) is 0 Å². The average molecular weight is 312 g/mol. The molecule has 22 heavy (non-hydrogen) atoms. The number of rotatable bonds is 5. The molecule has 0 aliphatic heterocycles. The molecule has 0 aliphatic carbocycles. The lowest BCUT2D eigenvalue weighted by Gasteiger charge is -2.08. The first-order valence-electron chi connectivity index (χ1n) is 7.04. The Labute approximate surface area is 132 Å². The molecule has 0 aromatic carbocycles. The van der Waals surface area contributed by atoms with Crippen molar-refractivity contribution in [3.8, 4) is 10.8 Å². The zero-order chi connectivity index (χ0) is 15.4. The second kappa shape index (κ2) is 6.57. The van der Waals surface area contributed by atoms with E-state index in [1.54, 1.807) is 29.8 Å². The molecule has 0 unspecified atom stereocenters. The Morgan fingerprint density at radius 2 is 1.95 bits per heavy atom. The summed E-state index contributed by atoms with van der Waals surface area (Å²) in [5.74, 6) is 2.29. The van der Waals surface area contributed by atoms with E-state index in [-0.39, 0.29) is 0 Å². The first-order valence-corrected chi connectivity index (χ1v) is 7.92. The van der Waals surface area contributed by atoms with Crippen molar-refractivity contribution in [1.82, 2.24) is 24.9 Å². The van der Waals surface area contributed by atoms with Crippen LogP contribution in [0.3, 0.4) is 0 Å². The van der Waals surface area contributed by atoms with Gasteiger partial charge < -0.3 is 5.32 Å². The minimum Gasteiger partial charge on any atom is -0.364 e. The van der Waals surface area contributed by atoms with E-state index in [0.29, 0.717) is 12.4 Å². The van der Waals surface area contributed by atoms with Crippen molar-refractivity contribution in [3.05, 3.63) is 47.1 Å². The van der Waals surface area contributed by atoms with E-state index in [1.165, 1.54) is 0 Å². The molecule has 0 saturated heterocycles. The van der Waals surface area contributed by atoms with Gasteiger partial charge in [0.15, 0.2) is 10.8 Å². The van der Waals surface area contributed by atoms with Crippen LogP contribution in [0, 0.1) is 6.92 Å². The second-order valence-corrected chi connectivity index (χ2v) is 5.57. The predicted molar refractivity (Wildman–Crippen MR) is 86.6 cm³/mol. The first-order chi connectivity index (χ1) is 10.8. The van der Waals surface area contributed by atoms with Crippen molar-refractivity contribution < 1.29 is 0 Å². The standard InChI is InChI=1S/C15H16N6S/c1-3-11-7-18-10(2)20-13(11)19-8-12-9-22-15(21-12)14-16-5-4-6-17-14/h4-7,9H,3,8H2,1-2H3,(H,18,19,20). The quantitative estimate of drug-likeness (QED) is 0.780. The lowest BCUT2D eigenvalue weighted by atomic mass is 10.2. The maximum absolute atomic E-state index is 4.56. The largest absolute Gasteiger partial charge is 0.364 e. The van der Waals surface area contributed by atoms with Crippen LogP contribution >= 0.6 is 11.3 Å². The molecule has 3 aromatic heterocycles. The Bertz CT molecular complexity index is 756. The smallest absolute Gasteiger partial charge is 0.188 e. The molecule has 0 aliphatic rings. The summed E-state index contributed by atoms with van der Waals surface area (Å²) < 4.78 is 0. The highest BCUT2D eigenvalue weighted by Gasteiger charge is 2.08. The molecule has 0 spiro atoms. The molecule has 0 saturated carbocycles. The van der Waals surface area contributed by atoms with Crippen LogP contribution in [-0.4, -0.2) is 24.9 Å². The van der Waals surface area contributed by atoms with Crippen molar-refractivity contribution in [3.63, 3.8) is 0 Å². The summed E-state index contributed by atoms with van der Waals surface area (Å²) in [6, 6.07) is 1.79. The lowest BCUT2D eigenvalue weighted by Crippen LogP contribution is -2.06. The van der Waals surface area contributed by atoms with E-state index in [1.807, 2.05) is 18.5 Å². The molecule has 0 fully saturated rings. The monoisotopic (exact) mass is 312 g/mol. The molecule has 0 atom stereocenters. The van der Waals surface area contributed by atoms with E-state index in [4.69, 9.17) is 0 Å². The highest BCUT2D eigenvalue weighted by Crippen LogP contribution is 2.20. The fourth-order valence-electron chi connectivity index (χ4n) is 1.98. The summed E-state index contributed by atoms with van der Waals surface area (Å²) in [6.45, 7) is 4.60. The van der Waals surface area contributed by atoms with Crippen molar-refractivity contribution in [1.29, 1.82) is 0 Å². The van der Waals surface area contributed by atoms with Gasteiger partial charge in [0.05, 0.1) is 12.2 Å². The van der Waals surface area contributed by atoms with Crippen LogP contribution in [0.4, 0.5) is 5.82 Å². The molecule has 7 heteroatoms. The van der Waals surface area contributed by atoms with Crippen LogP contribution in [-0.2, 0) is 13.0 Å². The topological polar surface area (TPSA) is 76.5 Å². The summed E-state index contributed by atoms with van der Waals surface area (Å²) >= 11 is 1.54. The third kappa shape index (κ3) is 3.25. The van der Waals surface area contributed by atoms with Gasteiger partial charge in [-0.05, 0) is 19.4 Å². The number of hydrogen-bond acceptors (Lipinski definition) is 7. The van der Waals surface area contributed by atoms with Gasteiger partial charge in [-0.1, -0.05) is 6.92 Å². The van der Waals surface area contributed by atoms with Gasteiger partial charge >= 0.3 is 0 Å². The molecular weight excluding hydrogens is 296 g/mol. The van der Waals surface area contributed by atoms with Gasteiger partial charge in [-0.2, -0.15) is 0 Å². The van der Waals surface area contributed by atoms with Gasteiger partial charge in [-0.15, -0.1) is 11.3 Å². The Kier molecular flexibility index (Phi) is 4.34. The number of aryl methyl sites for hydroxylation is 2. The molecule has 3 aromatic rings. The molecule has 112 valence electrons. The zero-order valence-corrected chi connectivity index (χ0v) is 13.3. The maximum atomic E-state index is 4.56. The number of thiazole rings is 1. The number of hydrogen-bond donors (Lipinski definition) is 1. The third-order valence-electron chi connectivity index (χ3n) is 3.11. The predicted octanol–water partition coefficient (Wildman–Crippen LogP) is 2.87. The Morgan fingerprint density at radius 3 is 2.73 bits per heavy atom. The van der Waals surface area contributed by atoms with E-state index in [2.05, 4.69) is 37.2 Å². The van der Waals surface area contributed by atoms with E-state index in [0.717, 1.165) is 34.3 Å². The highest BCUT2D eigenvalue weighted by molar-refractivity contribution is 7.13. The summed E-state index contributed by atoms with van der Waals surface area (Å²) in [7, 11) is 0. The first kappa shape index (κ1) is 14.5. The van der Waals surface area contributed by atoms with Gasteiger partial charge in [-0.3, -0.25) is 0 Å². The van der Waals surface area contributed by atoms with Crippen LogP contribution in [0.5, 0.6) is 0 Å². The van der Waals surface area contributed by atoms with Crippen LogP contribution in [0.1, 0.15) is 24.0 Å². The van der Waals surface area contributed by atoms with Crippen LogP contribution in [0.2, 0.25) is 0 Å². The lowest BCUT2D eigenvalue weighted by molar-refractivity contribution is 0.960. The number of aromatic nitrogens is 5. The van der Waals surface area contributed by atoms with E-state index < -0.39 is 0 Å². The molecule has 0 radical (unpaired) electrons. The molecule has 0 bridgehead atoms. The van der Waals surface area contributed by atoms with Crippen molar-refractivity contribution in [2.75, 3.05) is 5.32 Å². The molecule has 3 heterocycles. The summed E-state index contributed by atoms with van der Waals surface area (Å²) in [6.07, 6.45) is 6.20. The normalized spacial score (nSPS) is 10.6.